The first kappa shape index (κ1) is 17.7. The standard InChI is InChI=1S/C21H24N4O/c1-4-15-7-6-8-16(5-2)20(15)24-19-13-14-22-21(25-19)23-17-9-11-18(26-3)12-10-17/h6-14H,4-5H2,1-3H3,(H2,22,23,24,25). The molecule has 0 saturated carbocycles. The molecule has 0 saturated heterocycles. The number of ether oxygens (including phenoxy) is 1. The van der Waals surface area contributed by atoms with Crippen LogP contribution in [0.2, 0.25) is 0 Å². The predicted octanol–water partition coefficient (Wildman–Crippen LogP) is 5.10. The minimum atomic E-state index is 0.548. The van der Waals surface area contributed by atoms with Gasteiger partial charge in [0.25, 0.3) is 0 Å². The van der Waals surface area contributed by atoms with Crippen LogP contribution in [0.3, 0.4) is 0 Å². The quantitative estimate of drug-likeness (QED) is 0.622. The summed E-state index contributed by atoms with van der Waals surface area (Å²) in [4.78, 5) is 8.90. The van der Waals surface area contributed by atoms with Crippen LogP contribution < -0.4 is 15.4 Å². The van der Waals surface area contributed by atoms with Gasteiger partial charge < -0.3 is 15.4 Å². The van der Waals surface area contributed by atoms with Crippen LogP contribution in [0.5, 0.6) is 5.75 Å². The fourth-order valence-corrected chi connectivity index (χ4v) is 2.82. The monoisotopic (exact) mass is 348 g/mol. The van der Waals surface area contributed by atoms with Gasteiger partial charge in [-0.3, -0.25) is 0 Å². The van der Waals surface area contributed by atoms with E-state index in [0.717, 1.165) is 35.8 Å². The van der Waals surface area contributed by atoms with Gasteiger partial charge in [-0.1, -0.05) is 32.0 Å². The van der Waals surface area contributed by atoms with Gasteiger partial charge in [-0.15, -0.1) is 0 Å². The molecule has 5 nitrogen and oxygen atoms in total. The number of methoxy groups -OCH3 is 1. The fourth-order valence-electron chi connectivity index (χ4n) is 2.82. The molecule has 0 atom stereocenters. The summed E-state index contributed by atoms with van der Waals surface area (Å²) in [5.41, 5.74) is 4.62. The normalized spacial score (nSPS) is 10.4. The molecule has 1 heterocycles. The molecule has 0 unspecified atom stereocenters. The minimum Gasteiger partial charge on any atom is -0.497 e. The van der Waals surface area contributed by atoms with Crippen molar-refractivity contribution in [1.29, 1.82) is 0 Å². The van der Waals surface area contributed by atoms with Gasteiger partial charge >= 0.3 is 0 Å². The van der Waals surface area contributed by atoms with Crippen molar-refractivity contribution in [2.45, 2.75) is 26.7 Å². The molecule has 0 aliphatic carbocycles. The van der Waals surface area contributed by atoms with E-state index in [2.05, 4.69) is 52.6 Å². The summed E-state index contributed by atoms with van der Waals surface area (Å²) in [7, 11) is 1.65. The summed E-state index contributed by atoms with van der Waals surface area (Å²) in [6, 6.07) is 16.0. The third-order valence-electron chi connectivity index (χ3n) is 4.25. The summed E-state index contributed by atoms with van der Waals surface area (Å²) in [5.74, 6) is 2.13. The van der Waals surface area contributed by atoms with Crippen LogP contribution in [0, 0.1) is 0 Å². The molecular formula is C21H24N4O. The van der Waals surface area contributed by atoms with Crippen LogP contribution in [-0.4, -0.2) is 17.1 Å². The number of anilines is 4. The van der Waals surface area contributed by atoms with Crippen LogP contribution >= 0.6 is 0 Å². The molecule has 0 bridgehead atoms. The highest BCUT2D eigenvalue weighted by Gasteiger charge is 2.08. The van der Waals surface area contributed by atoms with Crippen LogP contribution in [0.1, 0.15) is 25.0 Å². The molecular weight excluding hydrogens is 324 g/mol. The number of nitrogens with one attached hydrogen (secondary N) is 2. The molecule has 2 aromatic carbocycles. The van der Waals surface area contributed by atoms with Gasteiger partial charge in [0.2, 0.25) is 5.95 Å². The molecule has 0 fully saturated rings. The lowest BCUT2D eigenvalue weighted by Crippen LogP contribution is -2.04. The first-order chi connectivity index (χ1) is 12.7. The molecule has 0 radical (unpaired) electrons. The smallest absolute Gasteiger partial charge is 0.229 e. The number of rotatable bonds is 7. The maximum absolute atomic E-state index is 5.18. The van der Waals surface area contributed by atoms with Crippen LogP contribution in [-0.2, 0) is 12.8 Å². The van der Waals surface area contributed by atoms with Crippen molar-refractivity contribution in [3.63, 3.8) is 0 Å². The van der Waals surface area contributed by atoms with Gasteiger partial charge in [-0.05, 0) is 54.3 Å². The molecule has 3 aromatic rings. The highest BCUT2D eigenvalue weighted by molar-refractivity contribution is 5.66. The van der Waals surface area contributed by atoms with E-state index in [1.165, 1.54) is 11.1 Å². The van der Waals surface area contributed by atoms with Crippen molar-refractivity contribution in [2.75, 3.05) is 17.7 Å². The Balaban J connectivity index is 1.81. The summed E-state index contributed by atoms with van der Waals surface area (Å²) in [6.45, 7) is 4.33. The summed E-state index contributed by atoms with van der Waals surface area (Å²) < 4.78 is 5.18. The van der Waals surface area contributed by atoms with E-state index in [-0.39, 0.29) is 0 Å². The average molecular weight is 348 g/mol. The lowest BCUT2D eigenvalue weighted by Gasteiger charge is -2.15. The second-order valence-corrected chi connectivity index (χ2v) is 5.90. The molecule has 2 N–H and O–H groups in total. The Labute approximate surface area is 154 Å². The Kier molecular flexibility index (Phi) is 5.69. The van der Waals surface area contributed by atoms with E-state index in [9.17, 15) is 0 Å². The second-order valence-electron chi connectivity index (χ2n) is 5.90. The first-order valence-corrected chi connectivity index (χ1v) is 8.85. The number of hydrogen-bond donors (Lipinski definition) is 2. The fraction of sp³-hybridized carbons (Fsp3) is 0.238. The number of aromatic nitrogens is 2. The predicted molar refractivity (Wildman–Crippen MR) is 107 cm³/mol. The first-order valence-electron chi connectivity index (χ1n) is 8.85. The third-order valence-corrected chi connectivity index (χ3v) is 4.25. The van der Waals surface area contributed by atoms with Crippen LogP contribution in [0.4, 0.5) is 23.1 Å². The lowest BCUT2D eigenvalue weighted by atomic mass is 10.0. The molecule has 0 aliphatic heterocycles. The largest absolute Gasteiger partial charge is 0.497 e. The Hall–Kier alpha value is -3.08. The molecule has 0 aliphatic rings. The van der Waals surface area contributed by atoms with Crippen molar-refractivity contribution >= 4 is 23.1 Å². The van der Waals surface area contributed by atoms with Crippen molar-refractivity contribution in [3.8, 4) is 5.75 Å². The van der Waals surface area contributed by atoms with Crippen molar-refractivity contribution in [1.82, 2.24) is 9.97 Å². The van der Waals surface area contributed by atoms with Crippen molar-refractivity contribution < 1.29 is 4.74 Å². The molecule has 3 rings (SSSR count). The Bertz CT molecular complexity index is 840. The van der Waals surface area contributed by atoms with Gasteiger partial charge in [-0.2, -0.15) is 4.98 Å². The molecule has 26 heavy (non-hydrogen) atoms. The van der Waals surface area contributed by atoms with E-state index in [1.807, 2.05) is 30.3 Å². The van der Waals surface area contributed by atoms with Crippen molar-refractivity contribution in [2.24, 2.45) is 0 Å². The highest BCUT2D eigenvalue weighted by Crippen LogP contribution is 2.26. The average Bonchev–Trinajstić information content (AvgIpc) is 2.69. The molecule has 134 valence electrons. The SMILES string of the molecule is CCc1cccc(CC)c1Nc1ccnc(Nc2ccc(OC)cc2)n1. The Morgan fingerprint density at radius 1 is 0.885 bits per heavy atom. The van der Waals surface area contributed by atoms with E-state index >= 15 is 0 Å². The van der Waals surface area contributed by atoms with Crippen molar-refractivity contribution in [3.05, 3.63) is 65.9 Å². The van der Waals surface area contributed by atoms with Crippen LogP contribution in [0.15, 0.2) is 54.7 Å². The number of hydrogen-bond acceptors (Lipinski definition) is 5. The van der Waals surface area contributed by atoms with Crippen LogP contribution in [0.25, 0.3) is 0 Å². The third kappa shape index (κ3) is 4.11. The van der Waals surface area contributed by atoms with E-state index < -0.39 is 0 Å². The van der Waals surface area contributed by atoms with Gasteiger partial charge in [0.05, 0.1) is 7.11 Å². The molecule has 5 heteroatoms. The number of para-hydroxylation sites is 1. The zero-order chi connectivity index (χ0) is 18.4. The summed E-state index contributed by atoms with van der Waals surface area (Å²) >= 11 is 0. The second kappa shape index (κ2) is 8.34. The minimum absolute atomic E-state index is 0.548. The molecule has 0 amide bonds. The topological polar surface area (TPSA) is 59.1 Å². The Morgan fingerprint density at radius 2 is 1.58 bits per heavy atom. The Morgan fingerprint density at radius 3 is 2.19 bits per heavy atom. The maximum atomic E-state index is 5.18. The molecule has 1 aromatic heterocycles. The van der Waals surface area contributed by atoms with E-state index in [4.69, 9.17) is 4.74 Å². The zero-order valence-electron chi connectivity index (χ0n) is 15.4. The van der Waals surface area contributed by atoms with E-state index in [1.54, 1.807) is 13.3 Å². The van der Waals surface area contributed by atoms with Gasteiger partial charge in [0.1, 0.15) is 11.6 Å². The van der Waals surface area contributed by atoms with Gasteiger partial charge in [0.15, 0.2) is 0 Å². The number of benzene rings is 2. The van der Waals surface area contributed by atoms with Gasteiger partial charge in [-0.25, -0.2) is 4.98 Å². The summed E-state index contributed by atoms with van der Waals surface area (Å²) in [5, 5.41) is 6.70. The highest BCUT2D eigenvalue weighted by atomic mass is 16.5. The number of nitrogens with zero attached hydrogens (tertiary/aromatic N) is 2. The molecule has 0 spiro atoms. The maximum Gasteiger partial charge on any atom is 0.229 e. The zero-order valence-corrected chi connectivity index (χ0v) is 15.4. The van der Waals surface area contributed by atoms with E-state index in [0.29, 0.717) is 5.95 Å². The summed E-state index contributed by atoms with van der Waals surface area (Å²) in [6.07, 6.45) is 3.69. The lowest BCUT2D eigenvalue weighted by molar-refractivity contribution is 0.415. The van der Waals surface area contributed by atoms with Gasteiger partial charge in [0, 0.05) is 17.6 Å². The number of aryl methyl sites for hydroxylation is 2.